The number of aryl methyl sites for hydroxylation is 1. The van der Waals surface area contributed by atoms with Crippen molar-refractivity contribution >= 4 is 17.5 Å². The van der Waals surface area contributed by atoms with Crippen LogP contribution in [0.15, 0.2) is 60.9 Å². The molecule has 0 atom stereocenters. The molecule has 7 heteroatoms. The second kappa shape index (κ2) is 10.1. The second-order valence-electron chi connectivity index (χ2n) is 6.25. The molecule has 0 aliphatic heterocycles. The Morgan fingerprint density at radius 1 is 0.966 bits per heavy atom. The zero-order valence-corrected chi connectivity index (χ0v) is 16.5. The van der Waals surface area contributed by atoms with Crippen LogP contribution in [0.1, 0.15) is 22.8 Å². The molecule has 0 spiro atoms. The smallest absolute Gasteiger partial charge is 0.258 e. The summed E-state index contributed by atoms with van der Waals surface area (Å²) < 4.78 is 10.7. The lowest BCUT2D eigenvalue weighted by atomic mass is 10.1. The van der Waals surface area contributed by atoms with Gasteiger partial charge in [-0.25, -0.2) is 9.97 Å². The predicted molar refractivity (Wildman–Crippen MR) is 113 cm³/mol. The Morgan fingerprint density at radius 3 is 2.24 bits per heavy atom. The van der Waals surface area contributed by atoms with E-state index in [1.54, 1.807) is 7.11 Å². The number of amides is 1. The highest BCUT2D eigenvalue weighted by molar-refractivity contribution is 6.03. The number of carbonyl (C=O) groups excluding carboxylic acids is 1. The van der Waals surface area contributed by atoms with Gasteiger partial charge in [0.05, 0.1) is 19.2 Å². The molecule has 0 radical (unpaired) electrons. The number of hydrogen-bond donors (Lipinski definition) is 2. The molecule has 3 aromatic rings. The Labute approximate surface area is 170 Å². The van der Waals surface area contributed by atoms with E-state index in [1.807, 2.05) is 48.5 Å². The molecule has 29 heavy (non-hydrogen) atoms. The third-order valence-corrected chi connectivity index (χ3v) is 4.25. The van der Waals surface area contributed by atoms with Crippen LogP contribution in [0.2, 0.25) is 0 Å². The third-order valence-electron chi connectivity index (χ3n) is 4.25. The number of methoxy groups -OCH3 is 1. The quantitative estimate of drug-likeness (QED) is 0.539. The molecule has 150 valence electrons. The first kappa shape index (κ1) is 20.1. The summed E-state index contributed by atoms with van der Waals surface area (Å²) in [7, 11) is 1.62. The Balaban J connectivity index is 1.44. The molecule has 1 amide bonds. The molecule has 0 aliphatic carbocycles. The molecule has 2 aromatic carbocycles. The van der Waals surface area contributed by atoms with Crippen LogP contribution in [0.25, 0.3) is 0 Å². The zero-order valence-electron chi connectivity index (χ0n) is 16.5. The maximum absolute atomic E-state index is 12.3. The molecule has 0 fully saturated rings. The van der Waals surface area contributed by atoms with Crippen LogP contribution in [0.5, 0.6) is 11.5 Å². The number of rotatable bonds is 9. The molecule has 3 rings (SSSR count). The fraction of sp³-hybridized carbons (Fsp3) is 0.227. The number of nitrogens with zero attached hydrogens (tertiary/aromatic N) is 2. The van der Waals surface area contributed by atoms with E-state index in [4.69, 9.17) is 9.47 Å². The molecular weight excluding hydrogens is 368 g/mol. The van der Waals surface area contributed by atoms with Gasteiger partial charge in [0.1, 0.15) is 18.1 Å². The molecule has 7 nitrogen and oxygen atoms in total. The monoisotopic (exact) mass is 392 g/mol. The third kappa shape index (κ3) is 5.93. The summed E-state index contributed by atoms with van der Waals surface area (Å²) in [5.41, 5.74) is 2.35. The van der Waals surface area contributed by atoms with Gasteiger partial charge >= 0.3 is 0 Å². The molecule has 0 aliphatic rings. The average molecular weight is 392 g/mol. The first-order valence-corrected chi connectivity index (χ1v) is 9.41. The summed E-state index contributed by atoms with van der Waals surface area (Å²) in [6.07, 6.45) is 3.95. The minimum atomic E-state index is -0.247. The van der Waals surface area contributed by atoms with Crippen LogP contribution in [-0.2, 0) is 6.42 Å². The maximum atomic E-state index is 12.3. The van der Waals surface area contributed by atoms with E-state index in [0.29, 0.717) is 24.7 Å². The van der Waals surface area contributed by atoms with Gasteiger partial charge in [0, 0.05) is 18.1 Å². The molecule has 1 aromatic heterocycles. The van der Waals surface area contributed by atoms with E-state index in [0.717, 1.165) is 23.6 Å². The van der Waals surface area contributed by atoms with Crippen molar-refractivity contribution in [3.05, 3.63) is 72.1 Å². The van der Waals surface area contributed by atoms with Crippen molar-refractivity contribution in [2.75, 3.05) is 30.9 Å². The fourth-order valence-electron chi connectivity index (χ4n) is 2.57. The number of benzene rings is 2. The summed E-state index contributed by atoms with van der Waals surface area (Å²) >= 11 is 0. The van der Waals surface area contributed by atoms with Gasteiger partial charge in [0.2, 0.25) is 5.95 Å². The van der Waals surface area contributed by atoms with Crippen molar-refractivity contribution in [1.82, 2.24) is 9.97 Å². The minimum absolute atomic E-state index is 0.247. The second-order valence-corrected chi connectivity index (χ2v) is 6.25. The minimum Gasteiger partial charge on any atom is -0.497 e. The molecule has 0 saturated carbocycles. The number of carbonyl (C=O) groups is 1. The van der Waals surface area contributed by atoms with Crippen molar-refractivity contribution in [1.29, 1.82) is 0 Å². The van der Waals surface area contributed by atoms with Gasteiger partial charge in [-0.05, 0) is 48.4 Å². The molecule has 1 heterocycles. The first-order chi connectivity index (χ1) is 14.2. The molecular formula is C22H24N4O3. The Kier molecular flexibility index (Phi) is 7.00. The molecule has 0 bridgehead atoms. The van der Waals surface area contributed by atoms with Gasteiger partial charge in [-0.3, -0.25) is 4.79 Å². The van der Waals surface area contributed by atoms with Gasteiger partial charge in [-0.15, -0.1) is 0 Å². The molecule has 0 saturated heterocycles. The molecule has 2 N–H and O–H groups in total. The highest BCUT2D eigenvalue weighted by Crippen LogP contribution is 2.17. The number of nitrogens with one attached hydrogen (secondary N) is 2. The Morgan fingerprint density at radius 2 is 1.62 bits per heavy atom. The van der Waals surface area contributed by atoms with E-state index >= 15 is 0 Å². The first-order valence-electron chi connectivity index (χ1n) is 9.41. The van der Waals surface area contributed by atoms with Crippen molar-refractivity contribution in [3.63, 3.8) is 0 Å². The van der Waals surface area contributed by atoms with Crippen molar-refractivity contribution in [2.24, 2.45) is 0 Å². The summed E-state index contributed by atoms with van der Waals surface area (Å²) in [4.78, 5) is 20.7. The topological polar surface area (TPSA) is 85.4 Å². The number of hydrogen-bond acceptors (Lipinski definition) is 6. The number of aromatic nitrogens is 2. The van der Waals surface area contributed by atoms with Crippen LogP contribution in [-0.4, -0.2) is 36.1 Å². The molecule has 0 unspecified atom stereocenters. The summed E-state index contributed by atoms with van der Waals surface area (Å²) in [6.45, 7) is 3.07. The fourth-order valence-corrected chi connectivity index (χ4v) is 2.57. The van der Waals surface area contributed by atoms with E-state index in [1.165, 1.54) is 18.0 Å². The highest BCUT2D eigenvalue weighted by atomic mass is 16.5. The van der Waals surface area contributed by atoms with Gasteiger partial charge in [-0.1, -0.05) is 19.1 Å². The van der Waals surface area contributed by atoms with Crippen LogP contribution in [0.4, 0.5) is 11.6 Å². The van der Waals surface area contributed by atoms with Crippen LogP contribution < -0.4 is 20.1 Å². The predicted octanol–water partition coefficient (Wildman–Crippen LogP) is 3.79. The normalized spacial score (nSPS) is 10.3. The lowest BCUT2D eigenvalue weighted by Crippen LogP contribution is -2.15. The zero-order chi connectivity index (χ0) is 20.5. The van der Waals surface area contributed by atoms with Crippen LogP contribution >= 0.6 is 0 Å². The SMILES string of the molecule is CCc1ccc(NC(=O)c2cnc(NCCOc3ccc(OC)cc3)nc2)cc1. The van der Waals surface area contributed by atoms with Gasteiger partial charge in [0.25, 0.3) is 5.91 Å². The largest absolute Gasteiger partial charge is 0.497 e. The van der Waals surface area contributed by atoms with Crippen LogP contribution in [0.3, 0.4) is 0 Å². The lowest BCUT2D eigenvalue weighted by molar-refractivity contribution is 0.102. The Bertz CT molecular complexity index is 910. The van der Waals surface area contributed by atoms with Gasteiger partial charge in [-0.2, -0.15) is 0 Å². The van der Waals surface area contributed by atoms with Crippen molar-refractivity contribution < 1.29 is 14.3 Å². The summed E-state index contributed by atoms with van der Waals surface area (Å²) in [6, 6.07) is 15.1. The Hall–Kier alpha value is -3.61. The average Bonchev–Trinajstić information content (AvgIpc) is 2.78. The highest BCUT2D eigenvalue weighted by Gasteiger charge is 2.08. The van der Waals surface area contributed by atoms with Gasteiger partial charge < -0.3 is 20.1 Å². The number of ether oxygens (including phenoxy) is 2. The maximum Gasteiger partial charge on any atom is 0.258 e. The van der Waals surface area contributed by atoms with Crippen LogP contribution in [0, 0.1) is 0 Å². The summed E-state index contributed by atoms with van der Waals surface area (Å²) in [5.74, 6) is 1.73. The lowest BCUT2D eigenvalue weighted by Gasteiger charge is -2.09. The van der Waals surface area contributed by atoms with Crippen molar-refractivity contribution in [2.45, 2.75) is 13.3 Å². The standard InChI is InChI=1S/C22H24N4O3/c1-3-16-4-6-18(7-5-16)26-21(27)17-14-24-22(25-15-17)23-12-13-29-20-10-8-19(28-2)9-11-20/h4-11,14-15H,3,12-13H2,1-2H3,(H,26,27)(H,23,24,25). The van der Waals surface area contributed by atoms with Crippen molar-refractivity contribution in [3.8, 4) is 11.5 Å². The summed E-state index contributed by atoms with van der Waals surface area (Å²) in [5, 5.41) is 5.90. The van der Waals surface area contributed by atoms with E-state index in [-0.39, 0.29) is 5.91 Å². The van der Waals surface area contributed by atoms with E-state index < -0.39 is 0 Å². The van der Waals surface area contributed by atoms with E-state index in [2.05, 4.69) is 27.5 Å². The van der Waals surface area contributed by atoms with E-state index in [9.17, 15) is 4.79 Å². The number of anilines is 2. The van der Waals surface area contributed by atoms with Gasteiger partial charge in [0.15, 0.2) is 0 Å².